The zero-order chi connectivity index (χ0) is 18.5. The number of aromatic nitrogens is 1. The lowest BCUT2D eigenvalue weighted by atomic mass is 10.1. The van der Waals surface area contributed by atoms with E-state index in [9.17, 15) is 4.79 Å². The molecule has 1 aliphatic carbocycles. The second kappa shape index (κ2) is 8.04. The fraction of sp³-hybridized carbons (Fsp3) is 0.217. The Morgan fingerprint density at radius 3 is 2.48 bits per heavy atom. The van der Waals surface area contributed by atoms with Gasteiger partial charge in [0.15, 0.2) is 0 Å². The van der Waals surface area contributed by atoms with Gasteiger partial charge < -0.3 is 9.64 Å². The molecule has 1 amide bonds. The maximum absolute atomic E-state index is 13.1. The van der Waals surface area contributed by atoms with Gasteiger partial charge in [-0.05, 0) is 54.3 Å². The molecule has 3 aromatic rings. The van der Waals surface area contributed by atoms with Crippen LogP contribution in [0.4, 0.5) is 0 Å². The molecule has 0 spiro atoms. The fourth-order valence-electron chi connectivity index (χ4n) is 3.06. The second-order valence-electron chi connectivity index (χ2n) is 6.82. The minimum atomic E-state index is 0.0551. The van der Waals surface area contributed by atoms with Crippen LogP contribution in [0.5, 0.6) is 5.75 Å². The Bertz CT molecular complexity index is 893. The van der Waals surface area contributed by atoms with E-state index < -0.39 is 0 Å². The molecule has 0 unspecified atom stereocenters. The summed E-state index contributed by atoms with van der Waals surface area (Å²) in [5, 5.41) is 0. The number of pyridine rings is 1. The molecule has 1 fully saturated rings. The maximum atomic E-state index is 13.1. The predicted molar refractivity (Wildman–Crippen MR) is 104 cm³/mol. The lowest BCUT2D eigenvalue weighted by molar-refractivity contribution is 0.0729. The Labute approximate surface area is 159 Å². The third-order valence-electron chi connectivity index (χ3n) is 4.68. The summed E-state index contributed by atoms with van der Waals surface area (Å²) in [6.45, 7) is 1.10. The van der Waals surface area contributed by atoms with Crippen molar-refractivity contribution in [1.29, 1.82) is 0 Å². The number of nitrogens with zero attached hydrogens (tertiary/aromatic N) is 2. The van der Waals surface area contributed by atoms with E-state index in [-0.39, 0.29) is 5.91 Å². The van der Waals surface area contributed by atoms with Crippen LogP contribution < -0.4 is 4.74 Å². The minimum absolute atomic E-state index is 0.0551. The van der Waals surface area contributed by atoms with E-state index in [2.05, 4.69) is 4.98 Å². The van der Waals surface area contributed by atoms with Gasteiger partial charge in [0.25, 0.3) is 5.91 Å². The molecule has 2 aromatic carbocycles. The number of carbonyl (C=O) groups excluding carboxylic acids is 1. The van der Waals surface area contributed by atoms with Crippen LogP contribution in [-0.4, -0.2) is 21.8 Å². The Morgan fingerprint density at radius 1 is 0.963 bits per heavy atom. The molecule has 1 saturated carbocycles. The zero-order valence-corrected chi connectivity index (χ0v) is 15.1. The van der Waals surface area contributed by atoms with Gasteiger partial charge >= 0.3 is 0 Å². The summed E-state index contributed by atoms with van der Waals surface area (Å²) in [7, 11) is 0. The molecule has 0 N–H and O–H groups in total. The molecule has 27 heavy (non-hydrogen) atoms. The van der Waals surface area contributed by atoms with Crippen molar-refractivity contribution in [2.24, 2.45) is 0 Å². The summed E-state index contributed by atoms with van der Waals surface area (Å²) >= 11 is 0. The summed E-state index contributed by atoms with van der Waals surface area (Å²) in [5.41, 5.74) is 2.87. The highest BCUT2D eigenvalue weighted by atomic mass is 16.5. The Balaban J connectivity index is 1.47. The monoisotopic (exact) mass is 358 g/mol. The van der Waals surface area contributed by atoms with Crippen LogP contribution in [0, 0.1) is 0 Å². The Morgan fingerprint density at radius 2 is 1.74 bits per heavy atom. The van der Waals surface area contributed by atoms with Crippen LogP contribution in [0.3, 0.4) is 0 Å². The quantitative estimate of drug-likeness (QED) is 0.626. The number of benzene rings is 2. The first-order valence-corrected chi connectivity index (χ1v) is 9.26. The molecule has 4 nitrogen and oxygen atoms in total. The first-order valence-electron chi connectivity index (χ1n) is 9.26. The predicted octanol–water partition coefficient (Wildman–Crippen LogP) is 4.47. The number of hydrogen-bond acceptors (Lipinski definition) is 3. The van der Waals surface area contributed by atoms with Crippen molar-refractivity contribution in [3.8, 4) is 5.75 Å². The van der Waals surface area contributed by atoms with Gasteiger partial charge in [-0.1, -0.05) is 36.4 Å². The molecule has 0 saturated heterocycles. The van der Waals surface area contributed by atoms with Crippen molar-refractivity contribution in [3.63, 3.8) is 0 Å². The molecule has 1 aromatic heterocycles. The number of amides is 1. The van der Waals surface area contributed by atoms with E-state index in [1.165, 1.54) is 0 Å². The minimum Gasteiger partial charge on any atom is -0.489 e. The van der Waals surface area contributed by atoms with Gasteiger partial charge in [0, 0.05) is 30.5 Å². The molecular weight excluding hydrogens is 336 g/mol. The van der Waals surface area contributed by atoms with Crippen molar-refractivity contribution in [2.75, 3.05) is 0 Å². The first kappa shape index (κ1) is 17.3. The zero-order valence-electron chi connectivity index (χ0n) is 15.1. The van der Waals surface area contributed by atoms with Crippen LogP contribution in [-0.2, 0) is 13.2 Å². The van der Waals surface area contributed by atoms with E-state index in [4.69, 9.17) is 4.74 Å². The molecule has 1 aliphatic rings. The smallest absolute Gasteiger partial charge is 0.254 e. The molecule has 0 atom stereocenters. The largest absolute Gasteiger partial charge is 0.489 e. The molecule has 4 rings (SSSR count). The molecule has 0 radical (unpaired) electrons. The summed E-state index contributed by atoms with van der Waals surface area (Å²) in [5.74, 6) is 0.767. The van der Waals surface area contributed by atoms with Gasteiger partial charge in [0.05, 0.1) is 0 Å². The van der Waals surface area contributed by atoms with Gasteiger partial charge in [0.1, 0.15) is 12.4 Å². The summed E-state index contributed by atoms with van der Waals surface area (Å²) in [6, 6.07) is 21.7. The summed E-state index contributed by atoms with van der Waals surface area (Å²) in [4.78, 5) is 19.1. The number of carbonyl (C=O) groups is 1. The van der Waals surface area contributed by atoms with Crippen LogP contribution >= 0.6 is 0 Å². The average Bonchev–Trinajstić information content (AvgIpc) is 3.57. The Kier molecular flexibility index (Phi) is 5.15. The average molecular weight is 358 g/mol. The lowest BCUT2D eigenvalue weighted by Gasteiger charge is -2.23. The van der Waals surface area contributed by atoms with Gasteiger partial charge in [-0.25, -0.2) is 0 Å². The molecule has 0 aliphatic heterocycles. The van der Waals surface area contributed by atoms with Crippen LogP contribution in [0.2, 0.25) is 0 Å². The topological polar surface area (TPSA) is 42.4 Å². The first-order chi connectivity index (χ1) is 13.3. The van der Waals surface area contributed by atoms with Crippen LogP contribution in [0.1, 0.15) is 34.3 Å². The van der Waals surface area contributed by atoms with Gasteiger partial charge in [0.2, 0.25) is 0 Å². The van der Waals surface area contributed by atoms with Crippen molar-refractivity contribution < 1.29 is 9.53 Å². The number of rotatable bonds is 7. The van der Waals surface area contributed by atoms with E-state index in [0.717, 1.165) is 24.0 Å². The molecular formula is C23H22N2O2. The fourth-order valence-corrected chi connectivity index (χ4v) is 3.06. The maximum Gasteiger partial charge on any atom is 0.254 e. The normalized spacial score (nSPS) is 13.2. The van der Waals surface area contributed by atoms with Crippen molar-refractivity contribution in [1.82, 2.24) is 9.88 Å². The molecule has 0 bridgehead atoms. The summed E-state index contributed by atoms with van der Waals surface area (Å²) in [6.07, 6.45) is 5.67. The Hall–Kier alpha value is -3.14. The van der Waals surface area contributed by atoms with Gasteiger partial charge in [-0.15, -0.1) is 0 Å². The highest BCUT2D eigenvalue weighted by molar-refractivity contribution is 5.95. The standard InChI is InChI=1S/C23H22N2O2/c26-23(25(21-9-10-21)16-18-11-13-24-14-12-18)20-7-4-8-22(15-20)27-17-19-5-2-1-3-6-19/h1-8,11-15,21H,9-10,16-17H2. The summed E-state index contributed by atoms with van der Waals surface area (Å²) < 4.78 is 5.88. The van der Waals surface area contributed by atoms with Crippen molar-refractivity contribution in [3.05, 3.63) is 95.8 Å². The van der Waals surface area contributed by atoms with E-state index in [0.29, 0.717) is 30.5 Å². The number of hydrogen-bond donors (Lipinski definition) is 0. The molecule has 4 heteroatoms. The van der Waals surface area contributed by atoms with Gasteiger partial charge in [-0.3, -0.25) is 9.78 Å². The lowest BCUT2D eigenvalue weighted by Crippen LogP contribution is -2.32. The van der Waals surface area contributed by atoms with Crippen LogP contribution in [0.25, 0.3) is 0 Å². The van der Waals surface area contributed by atoms with E-state index in [1.807, 2.05) is 71.6 Å². The van der Waals surface area contributed by atoms with Crippen molar-refractivity contribution >= 4 is 5.91 Å². The SMILES string of the molecule is O=C(c1cccc(OCc2ccccc2)c1)N(Cc1ccncc1)C1CC1. The van der Waals surface area contributed by atoms with Crippen molar-refractivity contribution in [2.45, 2.75) is 32.0 Å². The molecule has 1 heterocycles. The third kappa shape index (κ3) is 4.53. The highest BCUT2D eigenvalue weighted by Crippen LogP contribution is 2.30. The third-order valence-corrected chi connectivity index (χ3v) is 4.68. The van der Waals surface area contributed by atoms with E-state index in [1.54, 1.807) is 12.4 Å². The highest BCUT2D eigenvalue weighted by Gasteiger charge is 2.33. The van der Waals surface area contributed by atoms with Gasteiger partial charge in [-0.2, -0.15) is 0 Å². The number of ether oxygens (including phenoxy) is 1. The second-order valence-corrected chi connectivity index (χ2v) is 6.82. The van der Waals surface area contributed by atoms with E-state index >= 15 is 0 Å². The van der Waals surface area contributed by atoms with Crippen LogP contribution in [0.15, 0.2) is 79.1 Å². The molecule has 136 valence electrons.